The Bertz CT molecular complexity index is 1070. The molecule has 0 bridgehead atoms. The van der Waals surface area contributed by atoms with E-state index in [0.717, 1.165) is 5.56 Å². The third-order valence-electron chi connectivity index (χ3n) is 5.13. The van der Waals surface area contributed by atoms with Gasteiger partial charge >= 0.3 is 6.09 Å². The molecule has 2 aliphatic rings. The largest absolute Gasteiger partial charge is 0.486 e. The van der Waals surface area contributed by atoms with Gasteiger partial charge in [-0.25, -0.2) is 9.78 Å². The van der Waals surface area contributed by atoms with Gasteiger partial charge in [-0.3, -0.25) is 4.79 Å². The lowest BCUT2D eigenvalue weighted by molar-refractivity contribution is -0.132. The number of nitrogens with zero attached hydrogens (tertiary/aromatic N) is 2. The number of hydrogen-bond donors (Lipinski definition) is 1. The SMILES string of the molecule is COc1cc(NC(=O)[C@@H]2CN(C(=O)OC(C)(C)C)CCO2)cc(-c2cccc3c2OCCO3)n1. The van der Waals surface area contributed by atoms with Crippen LogP contribution >= 0.6 is 0 Å². The van der Waals surface area contributed by atoms with E-state index in [2.05, 4.69) is 10.3 Å². The van der Waals surface area contributed by atoms with Crippen LogP contribution in [-0.4, -0.2) is 73.6 Å². The number of fused-ring (bicyclic) bond motifs is 1. The van der Waals surface area contributed by atoms with Crippen molar-refractivity contribution in [2.24, 2.45) is 0 Å². The van der Waals surface area contributed by atoms with Gasteiger partial charge in [-0.1, -0.05) is 6.07 Å². The van der Waals surface area contributed by atoms with Gasteiger partial charge in [0.15, 0.2) is 17.6 Å². The van der Waals surface area contributed by atoms with Crippen LogP contribution in [0.25, 0.3) is 11.3 Å². The summed E-state index contributed by atoms with van der Waals surface area (Å²) in [7, 11) is 1.50. The zero-order valence-electron chi connectivity index (χ0n) is 19.8. The summed E-state index contributed by atoms with van der Waals surface area (Å²) in [6, 6.07) is 8.88. The molecule has 182 valence electrons. The third kappa shape index (κ3) is 5.51. The standard InChI is InChI=1S/C24H29N3O7/c1-24(2,3)34-23(29)27-8-9-31-19(14-27)22(28)25-15-12-17(26-20(13-15)30-4)16-6-5-7-18-21(16)33-11-10-32-18/h5-7,12-13,19H,8-11,14H2,1-4H3,(H,25,26,28)/t19-/m0/s1. The number of benzene rings is 1. The Kier molecular flexibility index (Phi) is 6.78. The first-order valence-electron chi connectivity index (χ1n) is 11.1. The average Bonchev–Trinajstić information content (AvgIpc) is 2.82. The van der Waals surface area contributed by atoms with Crippen LogP contribution in [0.4, 0.5) is 10.5 Å². The van der Waals surface area contributed by atoms with Gasteiger partial charge in [0.2, 0.25) is 5.88 Å². The molecule has 0 spiro atoms. The van der Waals surface area contributed by atoms with Gasteiger partial charge in [-0.05, 0) is 39.0 Å². The maximum Gasteiger partial charge on any atom is 0.410 e. The summed E-state index contributed by atoms with van der Waals surface area (Å²) in [5, 5.41) is 2.85. The van der Waals surface area contributed by atoms with E-state index < -0.39 is 17.8 Å². The lowest BCUT2D eigenvalue weighted by Crippen LogP contribution is -2.51. The molecular formula is C24H29N3O7. The van der Waals surface area contributed by atoms with Crippen LogP contribution in [0.5, 0.6) is 17.4 Å². The lowest BCUT2D eigenvalue weighted by atomic mass is 10.1. The summed E-state index contributed by atoms with van der Waals surface area (Å²) in [5.41, 5.74) is 1.12. The van der Waals surface area contributed by atoms with Gasteiger partial charge in [0.05, 0.1) is 26.0 Å². The van der Waals surface area contributed by atoms with Crippen molar-refractivity contribution in [3.05, 3.63) is 30.3 Å². The smallest absolute Gasteiger partial charge is 0.410 e. The Labute approximate surface area is 198 Å². The van der Waals surface area contributed by atoms with Crippen LogP contribution in [0.2, 0.25) is 0 Å². The van der Waals surface area contributed by atoms with Crippen molar-refractivity contribution in [1.82, 2.24) is 9.88 Å². The lowest BCUT2D eigenvalue weighted by Gasteiger charge is -2.33. The number of methoxy groups -OCH3 is 1. The number of pyridine rings is 1. The summed E-state index contributed by atoms with van der Waals surface area (Å²) in [6.45, 7) is 6.98. The van der Waals surface area contributed by atoms with Gasteiger partial charge in [0, 0.05) is 23.9 Å². The number of anilines is 1. The molecule has 0 radical (unpaired) electrons. The molecule has 1 saturated heterocycles. The van der Waals surface area contributed by atoms with E-state index in [1.54, 1.807) is 32.9 Å². The van der Waals surface area contributed by atoms with Gasteiger partial charge in [0.1, 0.15) is 18.8 Å². The highest BCUT2D eigenvalue weighted by Crippen LogP contribution is 2.40. The second-order valence-corrected chi connectivity index (χ2v) is 8.89. The minimum Gasteiger partial charge on any atom is -0.486 e. The van der Waals surface area contributed by atoms with E-state index in [0.29, 0.717) is 48.5 Å². The fourth-order valence-electron chi connectivity index (χ4n) is 3.62. The number of nitrogens with one attached hydrogen (secondary N) is 1. The Hall–Kier alpha value is -3.53. The fourth-order valence-corrected chi connectivity index (χ4v) is 3.62. The summed E-state index contributed by atoms with van der Waals surface area (Å²) < 4.78 is 27.9. The first kappa shape index (κ1) is 23.6. The van der Waals surface area contributed by atoms with Gasteiger partial charge < -0.3 is 33.9 Å². The monoisotopic (exact) mass is 471 g/mol. The summed E-state index contributed by atoms with van der Waals surface area (Å²) in [6.07, 6.45) is -1.32. The molecule has 3 heterocycles. The zero-order valence-corrected chi connectivity index (χ0v) is 19.8. The van der Waals surface area contributed by atoms with Crippen LogP contribution < -0.4 is 19.5 Å². The molecule has 0 unspecified atom stereocenters. The van der Waals surface area contributed by atoms with Crippen LogP contribution in [-0.2, 0) is 14.3 Å². The second-order valence-electron chi connectivity index (χ2n) is 8.89. The van der Waals surface area contributed by atoms with Crippen LogP contribution in [0.3, 0.4) is 0 Å². The van der Waals surface area contributed by atoms with Crippen molar-refractivity contribution in [1.29, 1.82) is 0 Å². The minimum absolute atomic E-state index is 0.0905. The van der Waals surface area contributed by atoms with Crippen molar-refractivity contribution in [3.63, 3.8) is 0 Å². The zero-order chi connectivity index (χ0) is 24.3. The molecule has 1 fully saturated rings. The van der Waals surface area contributed by atoms with E-state index in [1.165, 1.54) is 12.0 Å². The van der Waals surface area contributed by atoms with Crippen molar-refractivity contribution in [3.8, 4) is 28.6 Å². The number of carbonyl (C=O) groups excluding carboxylic acids is 2. The maximum absolute atomic E-state index is 13.0. The topological polar surface area (TPSA) is 108 Å². The summed E-state index contributed by atoms with van der Waals surface area (Å²) >= 11 is 0. The molecule has 2 aliphatic heterocycles. The maximum atomic E-state index is 13.0. The first-order chi connectivity index (χ1) is 16.2. The van der Waals surface area contributed by atoms with Crippen molar-refractivity contribution >= 4 is 17.7 Å². The molecule has 10 nitrogen and oxygen atoms in total. The number of morpholine rings is 1. The molecule has 2 aromatic rings. The highest BCUT2D eigenvalue weighted by Gasteiger charge is 2.32. The number of ether oxygens (including phenoxy) is 5. The van der Waals surface area contributed by atoms with E-state index in [1.807, 2.05) is 18.2 Å². The van der Waals surface area contributed by atoms with Crippen molar-refractivity contribution < 1.29 is 33.3 Å². The van der Waals surface area contributed by atoms with Crippen molar-refractivity contribution in [2.45, 2.75) is 32.5 Å². The van der Waals surface area contributed by atoms with E-state index >= 15 is 0 Å². The number of aromatic nitrogens is 1. The van der Waals surface area contributed by atoms with E-state index in [9.17, 15) is 9.59 Å². The van der Waals surface area contributed by atoms with E-state index in [4.69, 9.17) is 23.7 Å². The minimum atomic E-state index is -0.843. The molecule has 34 heavy (non-hydrogen) atoms. The molecule has 1 aromatic carbocycles. The molecule has 4 rings (SSSR count). The number of rotatable bonds is 4. The number of para-hydroxylation sites is 1. The third-order valence-corrected chi connectivity index (χ3v) is 5.13. The Balaban J connectivity index is 1.52. The molecule has 2 amide bonds. The average molecular weight is 472 g/mol. The highest BCUT2D eigenvalue weighted by molar-refractivity contribution is 5.95. The second kappa shape index (κ2) is 9.76. The predicted molar refractivity (Wildman–Crippen MR) is 123 cm³/mol. The Morgan fingerprint density at radius 1 is 1.15 bits per heavy atom. The normalized spacial score (nSPS) is 17.6. The summed E-state index contributed by atoms with van der Waals surface area (Å²) in [4.78, 5) is 31.4. The Morgan fingerprint density at radius 2 is 1.94 bits per heavy atom. The van der Waals surface area contributed by atoms with Crippen molar-refractivity contribution in [2.75, 3.05) is 45.3 Å². The number of amides is 2. The quantitative estimate of drug-likeness (QED) is 0.725. The van der Waals surface area contributed by atoms with Crippen LogP contribution in [0.1, 0.15) is 20.8 Å². The van der Waals surface area contributed by atoms with Gasteiger partial charge in [-0.15, -0.1) is 0 Å². The molecule has 10 heteroatoms. The first-order valence-corrected chi connectivity index (χ1v) is 11.1. The molecular weight excluding hydrogens is 442 g/mol. The molecule has 1 N–H and O–H groups in total. The summed E-state index contributed by atoms with van der Waals surface area (Å²) in [5.74, 6) is 1.16. The van der Waals surface area contributed by atoms with Gasteiger partial charge in [0.25, 0.3) is 5.91 Å². The molecule has 0 saturated carbocycles. The predicted octanol–water partition coefficient (Wildman–Crippen LogP) is 3.10. The number of carbonyl (C=O) groups is 2. The fraction of sp³-hybridized carbons (Fsp3) is 0.458. The molecule has 0 aliphatic carbocycles. The van der Waals surface area contributed by atoms with E-state index in [-0.39, 0.29) is 19.1 Å². The van der Waals surface area contributed by atoms with Crippen LogP contribution in [0, 0.1) is 0 Å². The molecule has 1 aromatic heterocycles. The van der Waals surface area contributed by atoms with Crippen LogP contribution in [0.15, 0.2) is 30.3 Å². The highest BCUT2D eigenvalue weighted by atomic mass is 16.6. The number of hydrogen-bond acceptors (Lipinski definition) is 8. The Morgan fingerprint density at radius 3 is 2.71 bits per heavy atom. The van der Waals surface area contributed by atoms with Gasteiger partial charge in [-0.2, -0.15) is 0 Å². The molecule has 1 atom stereocenters.